The number of hydrogen-bond acceptors (Lipinski definition) is 7. The van der Waals surface area contributed by atoms with E-state index in [9.17, 15) is 14.0 Å². The molecule has 0 unspecified atom stereocenters. The lowest BCUT2D eigenvalue weighted by Gasteiger charge is -2.32. The Bertz CT molecular complexity index is 1630. The molecule has 6 rings (SSSR count). The first kappa shape index (κ1) is 27.9. The summed E-state index contributed by atoms with van der Waals surface area (Å²) in [6, 6.07) is 9.87. The molecule has 2 aliphatic rings. The van der Waals surface area contributed by atoms with Crippen molar-refractivity contribution in [3.8, 4) is 17.0 Å². The van der Waals surface area contributed by atoms with Crippen molar-refractivity contribution >= 4 is 40.6 Å². The predicted octanol–water partition coefficient (Wildman–Crippen LogP) is 4.13. The van der Waals surface area contributed by atoms with Gasteiger partial charge in [0.25, 0.3) is 5.91 Å². The van der Waals surface area contributed by atoms with Gasteiger partial charge in [-0.3, -0.25) is 14.0 Å². The van der Waals surface area contributed by atoms with E-state index in [1.54, 1.807) is 53.8 Å². The van der Waals surface area contributed by atoms with E-state index >= 15 is 0 Å². The Hall–Kier alpha value is -4.22. The minimum absolute atomic E-state index is 0.0758. The van der Waals surface area contributed by atoms with Gasteiger partial charge in [-0.15, -0.1) is 0 Å². The number of nitrogens with zero attached hydrogens (tertiary/aromatic N) is 4. The van der Waals surface area contributed by atoms with Crippen LogP contribution in [0.5, 0.6) is 5.75 Å². The van der Waals surface area contributed by atoms with Crippen LogP contribution in [0.1, 0.15) is 23.2 Å². The summed E-state index contributed by atoms with van der Waals surface area (Å²) in [6.45, 7) is 3.61. The van der Waals surface area contributed by atoms with E-state index in [1.165, 1.54) is 13.2 Å². The summed E-state index contributed by atoms with van der Waals surface area (Å²) in [5, 5.41) is 9.79. The van der Waals surface area contributed by atoms with Crippen molar-refractivity contribution < 1.29 is 18.7 Å². The Morgan fingerprint density at radius 2 is 1.95 bits per heavy atom. The molecule has 2 amide bonds. The molecule has 2 fully saturated rings. The first-order chi connectivity index (χ1) is 20.4. The number of benzene rings is 2. The van der Waals surface area contributed by atoms with Crippen LogP contribution in [0.25, 0.3) is 16.9 Å². The maximum absolute atomic E-state index is 14.3. The number of methoxy groups -OCH3 is 1. The third-order valence-electron chi connectivity index (χ3n) is 7.92. The number of amides is 2. The van der Waals surface area contributed by atoms with E-state index in [0.717, 1.165) is 13.1 Å². The molecule has 2 aromatic carbocycles. The topological polar surface area (TPSA) is 113 Å². The standard InChI is InChI=1S/C30H31ClFN7O3/c1-42-26-5-2-20(12-24(26)32)25-17-35-28-27(34-8-11-39(25)28)37-21-3-4-22(23(31)13-21)30(41)38-9-6-19(7-10-38)29(40)36-16-18-14-33-15-18/h2-5,8,11-13,17-19,33H,6-7,9-10,14-16H2,1H3,(H,34,37)(H,36,40). The van der Waals surface area contributed by atoms with Gasteiger partial charge in [-0.05, 0) is 49.2 Å². The highest BCUT2D eigenvalue weighted by Gasteiger charge is 2.29. The van der Waals surface area contributed by atoms with Crippen molar-refractivity contribution in [2.75, 3.05) is 45.2 Å². The zero-order valence-corrected chi connectivity index (χ0v) is 23.8. The highest BCUT2D eigenvalue weighted by atomic mass is 35.5. The van der Waals surface area contributed by atoms with Gasteiger partial charge in [0.05, 0.1) is 29.6 Å². The van der Waals surface area contributed by atoms with Crippen LogP contribution in [-0.4, -0.2) is 70.9 Å². The van der Waals surface area contributed by atoms with Gasteiger partial charge in [0.2, 0.25) is 5.91 Å². The van der Waals surface area contributed by atoms with E-state index in [-0.39, 0.29) is 23.5 Å². The van der Waals surface area contributed by atoms with Gasteiger partial charge in [0.1, 0.15) is 0 Å². The van der Waals surface area contributed by atoms with Crippen molar-refractivity contribution in [3.63, 3.8) is 0 Å². The molecule has 12 heteroatoms. The second-order valence-electron chi connectivity index (χ2n) is 10.6. The smallest absolute Gasteiger partial charge is 0.255 e. The molecule has 218 valence electrons. The number of anilines is 2. The van der Waals surface area contributed by atoms with Crippen molar-refractivity contribution in [2.45, 2.75) is 12.8 Å². The van der Waals surface area contributed by atoms with Crippen molar-refractivity contribution in [2.24, 2.45) is 11.8 Å². The quantitative estimate of drug-likeness (QED) is 0.282. The number of carbonyl (C=O) groups is 2. The second kappa shape index (κ2) is 11.9. The molecule has 4 aromatic rings. The van der Waals surface area contributed by atoms with Crippen LogP contribution in [-0.2, 0) is 4.79 Å². The molecule has 2 aliphatic heterocycles. The van der Waals surface area contributed by atoms with Gasteiger partial charge in [-0.25, -0.2) is 14.4 Å². The molecular formula is C30H31ClFN7O3. The monoisotopic (exact) mass is 591 g/mol. The van der Waals surface area contributed by atoms with Crippen LogP contribution >= 0.6 is 11.6 Å². The van der Waals surface area contributed by atoms with Crippen LogP contribution in [0.15, 0.2) is 55.0 Å². The fourth-order valence-electron chi connectivity index (χ4n) is 5.35. The lowest BCUT2D eigenvalue weighted by molar-refractivity contribution is -0.126. The van der Waals surface area contributed by atoms with Gasteiger partial charge < -0.3 is 25.6 Å². The number of imidazole rings is 1. The number of nitrogens with one attached hydrogen (secondary N) is 3. The lowest BCUT2D eigenvalue weighted by atomic mass is 9.94. The number of carbonyl (C=O) groups excluding carboxylic acids is 2. The molecule has 0 spiro atoms. The molecule has 42 heavy (non-hydrogen) atoms. The first-order valence-electron chi connectivity index (χ1n) is 13.9. The summed E-state index contributed by atoms with van der Waals surface area (Å²) in [5.41, 5.74) is 2.90. The Labute approximate surface area is 247 Å². The summed E-state index contributed by atoms with van der Waals surface area (Å²) in [7, 11) is 1.42. The molecule has 2 aromatic heterocycles. The van der Waals surface area contributed by atoms with Crippen LogP contribution < -0.4 is 20.7 Å². The Balaban J connectivity index is 1.11. The molecule has 0 aliphatic carbocycles. The number of likely N-dealkylation sites (tertiary alicyclic amines) is 1. The van der Waals surface area contributed by atoms with E-state index in [4.69, 9.17) is 16.3 Å². The van der Waals surface area contributed by atoms with Crippen LogP contribution in [0.2, 0.25) is 5.02 Å². The highest BCUT2D eigenvalue weighted by molar-refractivity contribution is 6.34. The van der Waals surface area contributed by atoms with Crippen LogP contribution in [0.4, 0.5) is 15.9 Å². The van der Waals surface area contributed by atoms with Gasteiger partial charge in [-0.2, -0.15) is 0 Å². The maximum atomic E-state index is 14.3. The van der Waals surface area contributed by atoms with Gasteiger partial charge in [-0.1, -0.05) is 11.6 Å². The summed E-state index contributed by atoms with van der Waals surface area (Å²) < 4.78 is 21.2. The van der Waals surface area contributed by atoms with Gasteiger partial charge in [0.15, 0.2) is 23.0 Å². The van der Waals surface area contributed by atoms with Gasteiger partial charge in [0, 0.05) is 68.2 Å². The molecule has 0 radical (unpaired) electrons. The predicted molar refractivity (Wildman–Crippen MR) is 158 cm³/mol. The fraction of sp³-hybridized carbons (Fsp3) is 0.333. The third kappa shape index (κ3) is 5.62. The Morgan fingerprint density at radius 3 is 2.64 bits per heavy atom. The SMILES string of the molecule is COc1ccc(-c2cnc3c(Nc4ccc(C(=O)N5CCC(C(=O)NCC6CNC6)CC5)c(Cl)c4)nccn23)cc1F. The van der Waals surface area contributed by atoms with Crippen molar-refractivity contribution in [3.05, 3.63) is 71.4 Å². The molecule has 0 saturated carbocycles. The van der Waals surface area contributed by atoms with Crippen LogP contribution in [0, 0.1) is 17.7 Å². The zero-order valence-electron chi connectivity index (χ0n) is 23.1. The van der Waals surface area contributed by atoms with E-state index in [1.807, 2.05) is 4.40 Å². The number of aromatic nitrogens is 3. The van der Waals surface area contributed by atoms with Crippen molar-refractivity contribution in [1.82, 2.24) is 29.9 Å². The zero-order chi connectivity index (χ0) is 29.2. The number of rotatable bonds is 8. The molecule has 10 nitrogen and oxygen atoms in total. The largest absolute Gasteiger partial charge is 0.494 e. The number of fused-ring (bicyclic) bond motifs is 1. The average molecular weight is 592 g/mol. The average Bonchev–Trinajstić information content (AvgIpc) is 3.41. The second-order valence-corrected chi connectivity index (χ2v) is 11.0. The molecular weight excluding hydrogens is 561 g/mol. The summed E-state index contributed by atoms with van der Waals surface area (Å²) in [6.07, 6.45) is 6.27. The Kier molecular flexibility index (Phi) is 7.94. The minimum Gasteiger partial charge on any atom is -0.494 e. The van der Waals surface area contributed by atoms with E-state index in [0.29, 0.717) is 77.4 Å². The molecule has 0 bridgehead atoms. The van der Waals surface area contributed by atoms with Crippen molar-refractivity contribution in [1.29, 1.82) is 0 Å². The van der Waals surface area contributed by atoms with E-state index < -0.39 is 5.82 Å². The molecule has 3 N–H and O–H groups in total. The Morgan fingerprint density at radius 1 is 1.14 bits per heavy atom. The fourth-order valence-corrected chi connectivity index (χ4v) is 5.61. The normalized spacial score (nSPS) is 15.8. The van der Waals surface area contributed by atoms with E-state index in [2.05, 4.69) is 25.9 Å². The van der Waals surface area contributed by atoms with Gasteiger partial charge >= 0.3 is 0 Å². The highest BCUT2D eigenvalue weighted by Crippen LogP contribution is 2.30. The number of halogens is 2. The number of hydrogen-bond donors (Lipinski definition) is 3. The number of piperidine rings is 1. The molecule has 4 heterocycles. The molecule has 2 saturated heterocycles. The lowest BCUT2D eigenvalue weighted by Crippen LogP contribution is -2.50. The first-order valence-corrected chi connectivity index (χ1v) is 14.3. The minimum atomic E-state index is -0.464. The number of ether oxygens (including phenoxy) is 1. The van der Waals surface area contributed by atoms with Crippen LogP contribution in [0.3, 0.4) is 0 Å². The summed E-state index contributed by atoms with van der Waals surface area (Å²) >= 11 is 6.58. The maximum Gasteiger partial charge on any atom is 0.255 e. The molecule has 0 atom stereocenters. The third-order valence-corrected chi connectivity index (χ3v) is 8.23. The summed E-state index contributed by atoms with van der Waals surface area (Å²) in [4.78, 5) is 36.5. The summed E-state index contributed by atoms with van der Waals surface area (Å²) in [5.74, 6) is 0.533.